The number of hydrogen-bond donors (Lipinski definition) is 1. The van der Waals surface area contributed by atoms with Gasteiger partial charge in [-0.15, -0.1) is 0 Å². The topological polar surface area (TPSA) is 80.5 Å². The van der Waals surface area contributed by atoms with Crippen LogP contribution in [0.1, 0.15) is 63.3 Å². The highest BCUT2D eigenvalue weighted by atomic mass is 19.3. The van der Waals surface area contributed by atoms with Crippen LogP contribution < -0.4 is 15.0 Å². The molecule has 2 heterocycles. The average Bonchev–Trinajstić information content (AvgIpc) is 3.65. The summed E-state index contributed by atoms with van der Waals surface area (Å²) in [6.45, 7) is 6.46. The number of anilines is 1. The molecular weight excluding hydrogens is 473 g/mol. The zero-order valence-corrected chi connectivity index (χ0v) is 20.7. The molecular formula is C26H33F3N4O3. The standard InChI is InChI=1S/C26H33F3N4O3/c1-15(2)24-31-25(36-32-24)33-8-5-16(6-9-33)20-11-17(20)7-10-35-19-4-3-18(21(27)13-19)12-23(34)30-22-14-26(22,28)29/h3-4,13,15-17,20,22H,5-12,14H2,1-2H3,(H,30,34). The third-order valence-corrected chi connectivity index (χ3v) is 7.63. The summed E-state index contributed by atoms with van der Waals surface area (Å²) in [6, 6.07) is 3.87. The first kappa shape index (κ1) is 24.9. The van der Waals surface area contributed by atoms with Crippen LogP contribution in [0.4, 0.5) is 19.2 Å². The van der Waals surface area contributed by atoms with E-state index in [1.54, 1.807) is 6.07 Å². The number of alkyl halides is 2. The number of carbonyl (C=O) groups excluding carboxylic acids is 1. The molecule has 1 aromatic carbocycles. The summed E-state index contributed by atoms with van der Waals surface area (Å²) >= 11 is 0. The van der Waals surface area contributed by atoms with Crippen molar-refractivity contribution in [1.29, 1.82) is 0 Å². The molecule has 196 valence electrons. The lowest BCUT2D eigenvalue weighted by atomic mass is 9.90. The zero-order valence-electron chi connectivity index (χ0n) is 20.7. The van der Waals surface area contributed by atoms with Gasteiger partial charge >= 0.3 is 6.01 Å². The quantitative estimate of drug-likeness (QED) is 0.502. The molecule has 10 heteroatoms. The van der Waals surface area contributed by atoms with Crippen molar-refractivity contribution < 1.29 is 27.2 Å². The van der Waals surface area contributed by atoms with Crippen LogP contribution in [0.15, 0.2) is 22.7 Å². The third kappa shape index (κ3) is 5.78. The fraction of sp³-hybridized carbons (Fsp3) is 0.654. The average molecular weight is 507 g/mol. The summed E-state index contributed by atoms with van der Waals surface area (Å²) in [4.78, 5) is 18.5. The highest BCUT2D eigenvalue weighted by Gasteiger charge is 2.57. The van der Waals surface area contributed by atoms with Gasteiger partial charge in [-0.25, -0.2) is 13.2 Å². The van der Waals surface area contributed by atoms with E-state index in [1.165, 1.54) is 18.6 Å². The lowest BCUT2D eigenvalue weighted by Crippen LogP contribution is -2.34. The molecule has 1 aliphatic heterocycles. The summed E-state index contributed by atoms with van der Waals surface area (Å²) in [5, 5.41) is 6.29. The second-order valence-corrected chi connectivity index (χ2v) is 10.7. The molecule has 0 bridgehead atoms. The number of halogens is 3. The Labute approximate surface area is 208 Å². The van der Waals surface area contributed by atoms with E-state index in [0.29, 0.717) is 36.1 Å². The highest BCUT2D eigenvalue weighted by Crippen LogP contribution is 2.50. The second-order valence-electron chi connectivity index (χ2n) is 10.7. The van der Waals surface area contributed by atoms with Gasteiger partial charge in [-0.2, -0.15) is 4.98 Å². The molecule has 36 heavy (non-hydrogen) atoms. The van der Waals surface area contributed by atoms with Gasteiger partial charge in [-0.1, -0.05) is 25.1 Å². The molecule has 3 fully saturated rings. The number of benzene rings is 1. The van der Waals surface area contributed by atoms with E-state index in [0.717, 1.165) is 38.2 Å². The van der Waals surface area contributed by atoms with Crippen LogP contribution in [0, 0.1) is 23.6 Å². The van der Waals surface area contributed by atoms with Gasteiger partial charge in [0.15, 0.2) is 5.82 Å². The van der Waals surface area contributed by atoms with Crippen molar-refractivity contribution >= 4 is 11.9 Å². The van der Waals surface area contributed by atoms with Crippen molar-refractivity contribution in [2.24, 2.45) is 17.8 Å². The molecule has 7 nitrogen and oxygen atoms in total. The lowest BCUT2D eigenvalue weighted by Gasteiger charge is -2.30. The van der Waals surface area contributed by atoms with Crippen molar-refractivity contribution in [2.45, 2.75) is 70.3 Å². The molecule has 3 aliphatic rings. The van der Waals surface area contributed by atoms with Crippen molar-refractivity contribution in [3.8, 4) is 5.75 Å². The van der Waals surface area contributed by atoms with Gasteiger partial charge in [0.25, 0.3) is 5.92 Å². The van der Waals surface area contributed by atoms with Crippen molar-refractivity contribution in [1.82, 2.24) is 15.5 Å². The Morgan fingerprint density at radius 1 is 1.31 bits per heavy atom. The number of amides is 1. The van der Waals surface area contributed by atoms with Gasteiger partial charge in [0.05, 0.1) is 19.1 Å². The molecule has 5 rings (SSSR count). The molecule has 1 N–H and O–H groups in total. The van der Waals surface area contributed by atoms with Crippen LogP contribution in [0.3, 0.4) is 0 Å². The summed E-state index contributed by atoms with van der Waals surface area (Å²) in [5.41, 5.74) is 0.165. The van der Waals surface area contributed by atoms with Gasteiger partial charge < -0.3 is 19.5 Å². The van der Waals surface area contributed by atoms with E-state index in [-0.39, 0.29) is 24.3 Å². The van der Waals surface area contributed by atoms with Crippen LogP contribution in [0.25, 0.3) is 0 Å². The molecule has 3 atom stereocenters. The van der Waals surface area contributed by atoms with E-state index in [9.17, 15) is 18.0 Å². The Morgan fingerprint density at radius 3 is 2.69 bits per heavy atom. The minimum absolute atomic E-state index is 0.165. The maximum absolute atomic E-state index is 14.4. The zero-order chi connectivity index (χ0) is 25.4. The monoisotopic (exact) mass is 506 g/mol. The lowest BCUT2D eigenvalue weighted by molar-refractivity contribution is -0.121. The Balaban J connectivity index is 1.01. The highest BCUT2D eigenvalue weighted by molar-refractivity contribution is 5.79. The number of nitrogens with zero attached hydrogens (tertiary/aromatic N) is 3. The van der Waals surface area contributed by atoms with Crippen LogP contribution in [0.5, 0.6) is 5.75 Å². The summed E-state index contributed by atoms with van der Waals surface area (Å²) in [5.74, 6) is -0.566. The Hall–Kier alpha value is -2.78. The molecule has 2 saturated carbocycles. The molecule has 2 aliphatic carbocycles. The Morgan fingerprint density at radius 2 is 2.06 bits per heavy atom. The third-order valence-electron chi connectivity index (χ3n) is 7.63. The fourth-order valence-corrected chi connectivity index (χ4v) is 5.17. The van der Waals surface area contributed by atoms with E-state index < -0.39 is 23.7 Å². The Kier molecular flexibility index (Phi) is 6.87. The molecule has 3 unspecified atom stereocenters. The SMILES string of the molecule is CC(C)c1noc(N2CCC(C3CC3CCOc3ccc(CC(=O)NC4CC4(F)F)c(F)c3)CC2)n1. The molecule has 0 spiro atoms. The number of aromatic nitrogens is 2. The smallest absolute Gasteiger partial charge is 0.324 e. The van der Waals surface area contributed by atoms with E-state index >= 15 is 0 Å². The first-order chi connectivity index (χ1) is 17.2. The first-order valence-electron chi connectivity index (χ1n) is 12.9. The van der Waals surface area contributed by atoms with Crippen molar-refractivity contribution in [3.63, 3.8) is 0 Å². The van der Waals surface area contributed by atoms with E-state index in [4.69, 9.17) is 9.26 Å². The predicted molar refractivity (Wildman–Crippen MR) is 127 cm³/mol. The number of carbonyl (C=O) groups is 1. The van der Waals surface area contributed by atoms with Gasteiger partial charge in [-0.05, 0) is 55.1 Å². The second kappa shape index (κ2) is 9.94. The van der Waals surface area contributed by atoms with Gasteiger partial charge in [0, 0.05) is 31.5 Å². The van der Waals surface area contributed by atoms with Gasteiger partial charge in [-0.3, -0.25) is 4.79 Å². The minimum Gasteiger partial charge on any atom is -0.493 e. The number of hydrogen-bond acceptors (Lipinski definition) is 6. The van der Waals surface area contributed by atoms with E-state index in [1.807, 2.05) is 13.8 Å². The molecule has 1 saturated heterocycles. The predicted octanol–water partition coefficient (Wildman–Crippen LogP) is 4.72. The summed E-state index contributed by atoms with van der Waals surface area (Å²) < 4.78 is 51.4. The van der Waals surface area contributed by atoms with Gasteiger partial charge in [0.1, 0.15) is 11.6 Å². The van der Waals surface area contributed by atoms with Crippen LogP contribution >= 0.6 is 0 Å². The number of nitrogens with one attached hydrogen (secondary N) is 1. The molecule has 1 amide bonds. The van der Waals surface area contributed by atoms with Crippen LogP contribution in [-0.2, 0) is 11.2 Å². The molecule has 2 aromatic rings. The van der Waals surface area contributed by atoms with E-state index in [2.05, 4.69) is 20.4 Å². The van der Waals surface area contributed by atoms with Crippen LogP contribution in [-0.4, -0.2) is 47.7 Å². The first-order valence-corrected chi connectivity index (χ1v) is 12.9. The maximum Gasteiger partial charge on any atom is 0.324 e. The molecule has 1 aromatic heterocycles. The van der Waals surface area contributed by atoms with Gasteiger partial charge in [0.2, 0.25) is 5.91 Å². The van der Waals surface area contributed by atoms with Crippen LogP contribution in [0.2, 0.25) is 0 Å². The summed E-state index contributed by atoms with van der Waals surface area (Å²) in [7, 11) is 0. The molecule has 0 radical (unpaired) electrons. The van der Waals surface area contributed by atoms with Crippen molar-refractivity contribution in [2.75, 3.05) is 24.6 Å². The normalized spacial score (nSPS) is 25.2. The summed E-state index contributed by atoms with van der Waals surface area (Å²) in [6.07, 6.45) is 3.73. The number of rotatable bonds is 10. The van der Waals surface area contributed by atoms with Crippen molar-refractivity contribution in [3.05, 3.63) is 35.4 Å². The maximum atomic E-state index is 14.4. The Bertz CT molecular complexity index is 1080. The minimum atomic E-state index is -2.84. The number of piperidine rings is 1. The fourth-order valence-electron chi connectivity index (χ4n) is 5.17. The number of ether oxygens (including phenoxy) is 1. The largest absolute Gasteiger partial charge is 0.493 e.